The zero-order valence-corrected chi connectivity index (χ0v) is 10.5. The van der Waals surface area contributed by atoms with Crippen molar-refractivity contribution in [3.05, 3.63) is 40.7 Å². The van der Waals surface area contributed by atoms with Gasteiger partial charge in [0.1, 0.15) is 4.88 Å². The van der Waals surface area contributed by atoms with Gasteiger partial charge in [-0.2, -0.15) is 4.98 Å². The number of nitrogen functional groups attached to an aromatic ring is 1. The summed E-state index contributed by atoms with van der Waals surface area (Å²) in [6.07, 6.45) is 0. The summed E-state index contributed by atoms with van der Waals surface area (Å²) >= 11 is 7.40. The lowest BCUT2D eigenvalue weighted by atomic mass is 10.2. The highest BCUT2D eigenvalue weighted by Crippen LogP contribution is 2.33. The Bertz CT molecular complexity index is 764. The van der Waals surface area contributed by atoms with E-state index < -0.39 is 0 Å². The van der Waals surface area contributed by atoms with Crippen molar-refractivity contribution in [3.8, 4) is 22.2 Å². The Balaban J connectivity index is 2.05. The zero-order valence-electron chi connectivity index (χ0n) is 11.0. The Morgan fingerprint density at radius 2 is 2.11 bits per heavy atom. The largest absolute Gasteiger partial charge is 0.399 e. The minimum absolute atomic E-state index is 0.0630. The van der Waals surface area contributed by atoms with E-state index in [4.69, 9.17) is 24.6 Å². The average molecular weight is 282 g/mol. The van der Waals surface area contributed by atoms with Gasteiger partial charge in [-0.25, -0.2) is 0 Å². The number of nitrogens with zero attached hydrogens (tertiary/aromatic N) is 2. The van der Waals surface area contributed by atoms with Gasteiger partial charge in [0.15, 0.2) is 0 Å². The summed E-state index contributed by atoms with van der Waals surface area (Å²) in [6, 6.07) is 4.87. The number of aromatic nitrogens is 2. The number of rotatable bonds is 2. The minimum Gasteiger partial charge on any atom is -0.399 e. The molecule has 2 N–H and O–H groups in total. The van der Waals surface area contributed by atoms with E-state index in [1.807, 2.05) is 5.38 Å². The molecule has 90 valence electrons. The van der Waals surface area contributed by atoms with Crippen LogP contribution < -0.4 is 5.73 Å². The van der Waals surface area contributed by atoms with Crippen LogP contribution in [0.4, 0.5) is 5.69 Å². The molecule has 0 fully saturated rings. The van der Waals surface area contributed by atoms with Crippen molar-refractivity contribution < 1.29 is 7.26 Å². The fourth-order valence-corrected chi connectivity index (χ4v) is 2.46. The summed E-state index contributed by atoms with van der Waals surface area (Å²) in [5.74, 6) is 0.612. The van der Waals surface area contributed by atoms with Crippen LogP contribution in [-0.4, -0.2) is 10.1 Å². The second kappa shape index (κ2) is 4.44. The molecule has 2 aromatic heterocycles. The van der Waals surface area contributed by atoms with E-state index in [9.17, 15) is 0 Å². The van der Waals surface area contributed by atoms with Crippen molar-refractivity contribution in [1.29, 1.82) is 0 Å². The molecule has 0 aliphatic rings. The third-order valence-corrected chi connectivity index (χ3v) is 3.59. The summed E-state index contributed by atoms with van der Waals surface area (Å²) in [5.41, 5.74) is 6.21. The zero-order chi connectivity index (χ0) is 14.3. The average Bonchev–Trinajstić information content (AvgIpc) is 3.03. The maximum Gasteiger partial charge on any atom is 0.269 e. The first-order valence-electron chi connectivity index (χ1n) is 6.00. The molecule has 0 saturated heterocycles. The standard InChI is InChI=1S/C12H8ClN3OS/c13-9-5-6-18-10(9)12-15-11(16-17-12)7-1-3-8(14)4-2-7/h1-6H,14H2/i3T,4T. The molecule has 0 radical (unpaired) electrons. The molecular formula is C12H8ClN3OS. The number of anilines is 1. The predicted octanol–water partition coefficient (Wildman–Crippen LogP) is 3.70. The number of thiophene rings is 1. The molecule has 0 saturated carbocycles. The highest BCUT2D eigenvalue weighted by atomic mass is 35.5. The number of hydrogen-bond donors (Lipinski definition) is 1. The van der Waals surface area contributed by atoms with Crippen LogP contribution in [-0.2, 0) is 0 Å². The molecule has 0 aliphatic carbocycles. The SMILES string of the molecule is [3H]c1cc(-c2noc(-c3sccc3Cl)n2)cc([3H])c1N. The Morgan fingerprint density at radius 1 is 1.33 bits per heavy atom. The Hall–Kier alpha value is -1.85. The summed E-state index contributed by atoms with van der Waals surface area (Å²) in [6.45, 7) is 0. The number of halogens is 1. The van der Waals surface area contributed by atoms with E-state index in [0.717, 1.165) is 0 Å². The molecule has 6 heteroatoms. The summed E-state index contributed by atoms with van der Waals surface area (Å²) in [5, 5.41) is 6.22. The van der Waals surface area contributed by atoms with Crippen molar-refractivity contribution in [2.45, 2.75) is 0 Å². The molecule has 0 unspecified atom stereocenters. The molecule has 4 nitrogen and oxygen atoms in total. The minimum atomic E-state index is 0.0630. The smallest absolute Gasteiger partial charge is 0.269 e. The maximum absolute atomic E-state index is 7.68. The van der Waals surface area contributed by atoms with Crippen LogP contribution in [0.5, 0.6) is 0 Å². The number of nitrogens with two attached hydrogens (primary N) is 1. The lowest BCUT2D eigenvalue weighted by Crippen LogP contribution is -1.85. The van der Waals surface area contributed by atoms with Crippen LogP contribution >= 0.6 is 22.9 Å². The molecule has 1 aromatic carbocycles. The van der Waals surface area contributed by atoms with Crippen LogP contribution in [0.1, 0.15) is 2.74 Å². The Labute approximate surface area is 115 Å². The Kier molecular flexibility index (Phi) is 2.25. The van der Waals surface area contributed by atoms with E-state index in [1.54, 1.807) is 6.07 Å². The van der Waals surface area contributed by atoms with Crippen LogP contribution in [0, 0.1) is 0 Å². The second-order valence-corrected chi connectivity index (χ2v) is 4.79. The molecule has 18 heavy (non-hydrogen) atoms. The van der Waals surface area contributed by atoms with E-state index in [2.05, 4.69) is 10.1 Å². The van der Waals surface area contributed by atoms with E-state index in [0.29, 0.717) is 27.2 Å². The summed E-state index contributed by atoms with van der Waals surface area (Å²) < 4.78 is 20.5. The predicted molar refractivity (Wildman–Crippen MR) is 72.5 cm³/mol. The normalized spacial score (nSPS) is 12.3. The fraction of sp³-hybridized carbons (Fsp3) is 0. The Morgan fingerprint density at radius 3 is 2.78 bits per heavy atom. The van der Waals surface area contributed by atoms with Crippen LogP contribution in [0.2, 0.25) is 5.02 Å². The molecule has 0 spiro atoms. The molecule has 0 amide bonds. The lowest BCUT2D eigenvalue weighted by Gasteiger charge is -1.94. The van der Waals surface area contributed by atoms with Crippen molar-refractivity contribution in [2.75, 3.05) is 5.73 Å². The quantitative estimate of drug-likeness (QED) is 0.727. The van der Waals surface area contributed by atoms with Crippen molar-refractivity contribution >= 4 is 28.6 Å². The van der Waals surface area contributed by atoms with Crippen LogP contribution in [0.3, 0.4) is 0 Å². The number of hydrogen-bond acceptors (Lipinski definition) is 5. The molecule has 3 aromatic rings. The van der Waals surface area contributed by atoms with Gasteiger partial charge >= 0.3 is 0 Å². The van der Waals surface area contributed by atoms with Gasteiger partial charge in [-0.15, -0.1) is 11.3 Å². The first-order valence-corrected chi connectivity index (χ1v) is 6.26. The van der Waals surface area contributed by atoms with Gasteiger partial charge in [-0.1, -0.05) is 16.8 Å². The highest BCUT2D eigenvalue weighted by Gasteiger charge is 2.14. The number of benzene rings is 1. The summed E-state index contributed by atoms with van der Waals surface area (Å²) in [4.78, 5) is 4.93. The van der Waals surface area contributed by atoms with E-state index in [-0.39, 0.29) is 17.8 Å². The van der Waals surface area contributed by atoms with Gasteiger partial charge in [-0.3, -0.25) is 0 Å². The fourth-order valence-electron chi connectivity index (χ4n) is 1.40. The van der Waals surface area contributed by atoms with Gasteiger partial charge in [0.25, 0.3) is 5.89 Å². The van der Waals surface area contributed by atoms with Crippen molar-refractivity contribution in [3.63, 3.8) is 0 Å². The maximum atomic E-state index is 7.68. The molecule has 0 aliphatic heterocycles. The second-order valence-electron chi connectivity index (χ2n) is 3.47. The topological polar surface area (TPSA) is 64.9 Å². The molecule has 0 bridgehead atoms. The van der Waals surface area contributed by atoms with Crippen LogP contribution in [0.15, 0.2) is 40.2 Å². The van der Waals surface area contributed by atoms with Gasteiger partial charge in [0.2, 0.25) is 5.82 Å². The first kappa shape index (κ1) is 9.13. The first-order chi connectivity index (χ1) is 9.56. The summed E-state index contributed by atoms with van der Waals surface area (Å²) in [7, 11) is 0. The van der Waals surface area contributed by atoms with Gasteiger partial charge in [0.05, 0.1) is 7.76 Å². The van der Waals surface area contributed by atoms with Gasteiger partial charge < -0.3 is 10.3 Å². The van der Waals surface area contributed by atoms with E-state index >= 15 is 0 Å². The molecule has 3 rings (SSSR count). The van der Waals surface area contributed by atoms with Crippen molar-refractivity contribution in [2.24, 2.45) is 0 Å². The van der Waals surface area contributed by atoms with Gasteiger partial charge in [-0.05, 0) is 35.7 Å². The molecule has 0 atom stereocenters. The molecular weight excluding hydrogens is 270 g/mol. The molecule has 2 heterocycles. The van der Waals surface area contributed by atoms with Crippen LogP contribution in [0.25, 0.3) is 22.2 Å². The lowest BCUT2D eigenvalue weighted by molar-refractivity contribution is 0.433. The van der Waals surface area contributed by atoms with E-state index in [1.165, 1.54) is 23.5 Å². The van der Waals surface area contributed by atoms with Crippen molar-refractivity contribution in [1.82, 2.24) is 10.1 Å². The van der Waals surface area contributed by atoms with Gasteiger partial charge in [0, 0.05) is 11.3 Å². The highest BCUT2D eigenvalue weighted by molar-refractivity contribution is 7.14. The third-order valence-electron chi connectivity index (χ3n) is 2.26. The third kappa shape index (κ3) is 1.98. The monoisotopic (exact) mass is 281 g/mol.